The highest BCUT2D eigenvalue weighted by Crippen LogP contribution is 2.37. The molecule has 0 amide bonds. The van der Waals surface area contributed by atoms with Crippen molar-refractivity contribution in [3.63, 3.8) is 0 Å². The Hall–Kier alpha value is -1.18. The number of nitrogens with zero attached hydrogens (tertiary/aromatic N) is 1. The van der Waals surface area contributed by atoms with Gasteiger partial charge < -0.3 is 15.2 Å². The molecule has 0 bridgehead atoms. The molecule has 0 spiro atoms. The van der Waals surface area contributed by atoms with Crippen LogP contribution >= 0.6 is 15.9 Å². The summed E-state index contributed by atoms with van der Waals surface area (Å²) < 4.78 is 12.2. The number of benzene rings is 1. The summed E-state index contributed by atoms with van der Waals surface area (Å²) in [6.07, 6.45) is 1.10. The zero-order valence-electron chi connectivity index (χ0n) is 12.0. The molecule has 2 rings (SSSR count). The highest BCUT2D eigenvalue weighted by atomic mass is 79.9. The molecule has 1 aromatic carbocycles. The Morgan fingerprint density at radius 2 is 2.24 bits per heavy atom. The van der Waals surface area contributed by atoms with Gasteiger partial charge in [-0.05, 0) is 25.0 Å². The Labute approximate surface area is 131 Å². The van der Waals surface area contributed by atoms with Crippen LogP contribution in [-0.4, -0.2) is 29.8 Å². The van der Waals surface area contributed by atoms with E-state index in [4.69, 9.17) is 15.2 Å². The molecule has 1 aliphatic carbocycles. The van der Waals surface area contributed by atoms with Crippen LogP contribution in [-0.2, 0) is 4.74 Å². The van der Waals surface area contributed by atoms with Crippen LogP contribution in [0, 0.1) is 17.0 Å². The molecular weight excluding hydrogens is 340 g/mol. The lowest BCUT2D eigenvalue weighted by molar-refractivity contribution is -0.386. The quantitative estimate of drug-likeness (QED) is 0.623. The van der Waals surface area contributed by atoms with E-state index in [1.807, 2.05) is 6.92 Å². The minimum absolute atomic E-state index is 0.0448. The molecule has 1 aromatic rings. The Morgan fingerprint density at radius 3 is 2.81 bits per heavy atom. The van der Waals surface area contributed by atoms with Crippen molar-refractivity contribution < 1.29 is 14.4 Å². The minimum Gasteiger partial charge on any atom is -0.480 e. The number of hydrogen-bond acceptors (Lipinski definition) is 5. The lowest BCUT2D eigenvalue weighted by Gasteiger charge is -2.41. The van der Waals surface area contributed by atoms with Gasteiger partial charge in [-0.1, -0.05) is 22.9 Å². The number of nitrogens with two attached hydrogens (primary N) is 1. The van der Waals surface area contributed by atoms with Crippen molar-refractivity contribution >= 4 is 21.6 Å². The highest BCUT2D eigenvalue weighted by molar-refractivity contribution is 9.10. The molecule has 1 fully saturated rings. The first-order valence-corrected chi connectivity index (χ1v) is 7.71. The van der Waals surface area contributed by atoms with Crippen LogP contribution in [0.1, 0.15) is 25.3 Å². The lowest BCUT2D eigenvalue weighted by atomic mass is 9.86. The monoisotopic (exact) mass is 358 g/mol. The number of hydrogen-bond donors (Lipinski definition) is 1. The van der Waals surface area contributed by atoms with E-state index >= 15 is 0 Å². The van der Waals surface area contributed by atoms with E-state index in [9.17, 15) is 10.1 Å². The van der Waals surface area contributed by atoms with E-state index in [2.05, 4.69) is 15.9 Å². The lowest BCUT2D eigenvalue weighted by Crippen LogP contribution is -2.59. The van der Waals surface area contributed by atoms with Crippen molar-refractivity contribution in [3.05, 3.63) is 32.3 Å². The fraction of sp³-hybridized carbons (Fsp3) is 0.571. The Morgan fingerprint density at radius 1 is 1.52 bits per heavy atom. The van der Waals surface area contributed by atoms with Gasteiger partial charge in [0.15, 0.2) is 0 Å². The molecular formula is C14H19BrN2O4. The predicted molar refractivity (Wildman–Crippen MR) is 82.6 cm³/mol. The van der Waals surface area contributed by atoms with E-state index in [0.717, 1.165) is 6.42 Å². The summed E-state index contributed by atoms with van der Waals surface area (Å²) in [5, 5.41) is 11.2. The van der Waals surface area contributed by atoms with E-state index in [0.29, 0.717) is 28.8 Å². The second-order valence-corrected chi connectivity index (χ2v) is 6.13. The fourth-order valence-corrected chi connectivity index (χ4v) is 2.93. The first-order chi connectivity index (χ1) is 9.93. The van der Waals surface area contributed by atoms with Gasteiger partial charge in [0.1, 0.15) is 12.2 Å². The minimum atomic E-state index is -0.437. The van der Waals surface area contributed by atoms with Crippen LogP contribution in [0.5, 0.6) is 5.75 Å². The molecule has 0 aliphatic heterocycles. The number of rotatable bonds is 6. The SMILES string of the molecule is CCCOC1C(N)CC1Oc1c(C)cc(Br)cc1[N+](=O)[O-]. The zero-order valence-corrected chi connectivity index (χ0v) is 13.6. The van der Waals surface area contributed by atoms with Crippen molar-refractivity contribution in [2.75, 3.05) is 6.61 Å². The maximum atomic E-state index is 11.2. The molecule has 1 saturated carbocycles. The van der Waals surface area contributed by atoms with Gasteiger partial charge in [-0.3, -0.25) is 10.1 Å². The van der Waals surface area contributed by atoms with Crippen molar-refractivity contribution in [1.82, 2.24) is 0 Å². The molecule has 21 heavy (non-hydrogen) atoms. The predicted octanol–water partition coefficient (Wildman–Crippen LogP) is 2.94. The third-order valence-electron chi connectivity index (χ3n) is 3.49. The van der Waals surface area contributed by atoms with Gasteiger partial charge in [-0.15, -0.1) is 0 Å². The molecule has 1 aliphatic rings. The molecule has 0 heterocycles. The van der Waals surface area contributed by atoms with E-state index in [1.165, 1.54) is 6.07 Å². The summed E-state index contributed by atoms with van der Waals surface area (Å²) >= 11 is 3.26. The van der Waals surface area contributed by atoms with Gasteiger partial charge in [0.25, 0.3) is 0 Å². The Balaban J connectivity index is 2.18. The third kappa shape index (κ3) is 3.53. The van der Waals surface area contributed by atoms with Crippen LogP contribution in [0.3, 0.4) is 0 Å². The molecule has 2 N–H and O–H groups in total. The molecule has 0 saturated heterocycles. The van der Waals surface area contributed by atoms with Crippen LogP contribution in [0.2, 0.25) is 0 Å². The number of nitro benzene ring substituents is 1. The number of nitro groups is 1. The standard InChI is InChI=1S/C14H19BrN2O4/c1-3-4-20-14-10(16)7-12(14)21-13-8(2)5-9(15)6-11(13)17(18)19/h5-6,10,12,14H,3-4,7,16H2,1-2H3. The summed E-state index contributed by atoms with van der Waals surface area (Å²) in [6, 6.07) is 3.17. The summed E-state index contributed by atoms with van der Waals surface area (Å²) in [6.45, 7) is 4.41. The van der Waals surface area contributed by atoms with Gasteiger partial charge >= 0.3 is 5.69 Å². The van der Waals surface area contributed by atoms with Gasteiger partial charge in [0, 0.05) is 29.6 Å². The molecule has 116 valence electrons. The van der Waals surface area contributed by atoms with E-state index < -0.39 is 4.92 Å². The van der Waals surface area contributed by atoms with Gasteiger partial charge in [-0.25, -0.2) is 0 Å². The van der Waals surface area contributed by atoms with Crippen LogP contribution in [0.4, 0.5) is 5.69 Å². The maximum absolute atomic E-state index is 11.2. The van der Waals surface area contributed by atoms with Crippen LogP contribution in [0.15, 0.2) is 16.6 Å². The smallest absolute Gasteiger partial charge is 0.312 e. The van der Waals surface area contributed by atoms with Crippen molar-refractivity contribution in [2.24, 2.45) is 5.73 Å². The largest absolute Gasteiger partial charge is 0.480 e. The van der Waals surface area contributed by atoms with E-state index in [1.54, 1.807) is 13.0 Å². The first-order valence-electron chi connectivity index (χ1n) is 6.92. The summed E-state index contributed by atoms with van der Waals surface area (Å²) in [7, 11) is 0. The number of halogens is 1. The fourth-order valence-electron chi connectivity index (χ4n) is 2.37. The summed E-state index contributed by atoms with van der Waals surface area (Å²) in [5.74, 6) is 0.296. The van der Waals surface area contributed by atoms with Crippen LogP contribution in [0.25, 0.3) is 0 Å². The normalized spacial score (nSPS) is 24.5. The molecule has 0 radical (unpaired) electrons. The summed E-state index contributed by atoms with van der Waals surface area (Å²) in [5.41, 5.74) is 6.59. The van der Waals surface area contributed by atoms with Crippen molar-refractivity contribution in [3.8, 4) is 5.75 Å². The average Bonchev–Trinajstić information content (AvgIpc) is 2.40. The highest BCUT2D eigenvalue weighted by Gasteiger charge is 2.42. The molecule has 3 unspecified atom stereocenters. The van der Waals surface area contributed by atoms with Crippen molar-refractivity contribution in [1.29, 1.82) is 0 Å². The molecule has 0 aromatic heterocycles. The summed E-state index contributed by atoms with van der Waals surface area (Å²) in [4.78, 5) is 10.7. The molecule has 6 nitrogen and oxygen atoms in total. The number of aryl methyl sites for hydroxylation is 1. The average molecular weight is 359 g/mol. The first kappa shape index (κ1) is 16.2. The van der Waals surface area contributed by atoms with E-state index in [-0.39, 0.29) is 23.9 Å². The molecule has 7 heteroatoms. The second kappa shape index (κ2) is 6.72. The van der Waals surface area contributed by atoms with Gasteiger partial charge in [0.05, 0.1) is 4.92 Å². The maximum Gasteiger partial charge on any atom is 0.312 e. The number of ether oxygens (including phenoxy) is 2. The van der Waals surface area contributed by atoms with Gasteiger partial charge in [0.2, 0.25) is 5.75 Å². The zero-order chi connectivity index (χ0) is 15.6. The van der Waals surface area contributed by atoms with Crippen LogP contribution < -0.4 is 10.5 Å². The third-order valence-corrected chi connectivity index (χ3v) is 3.95. The topological polar surface area (TPSA) is 87.6 Å². The van der Waals surface area contributed by atoms with Gasteiger partial charge in [-0.2, -0.15) is 0 Å². The molecule has 3 atom stereocenters. The Kier molecular flexibility index (Phi) is 5.18. The second-order valence-electron chi connectivity index (χ2n) is 5.22. The Bertz CT molecular complexity index is 538. The van der Waals surface area contributed by atoms with Crippen molar-refractivity contribution in [2.45, 2.75) is 44.9 Å².